The average Bonchev–Trinajstić information content (AvgIpc) is 3.68. The van der Waals surface area contributed by atoms with Crippen molar-refractivity contribution >= 4 is 41.6 Å². The standard InChI is InChI=1S/C34H55N7O11/c1-38-15-17-39(19-20-41(25-31(48)49)22-21-40(18-16-38,24-30(46)47)34(38,39)41)23-26(42)9-4-2-3-5-11-28(43)35-13-7-6-10-27(32(50)51)37-33(52)36-14-8-12-29(44)45/h27H,2-25H2,1H3,(H3-4,35,36,37,43,44,45,46,47,48,49,50,51,52)/p+4/t27-,34+,38?,39-,40+,41?/m0/s1. The van der Waals surface area contributed by atoms with E-state index in [1.54, 1.807) is 0 Å². The van der Waals surface area contributed by atoms with E-state index < -0.39 is 41.9 Å². The van der Waals surface area contributed by atoms with Gasteiger partial charge in [-0.05, 0) is 38.5 Å². The number of carboxylic acid groups (broad SMARTS) is 4. The number of ketones is 1. The molecule has 2 unspecified atom stereocenters. The molecule has 0 aromatic carbocycles. The number of amides is 3. The topological polar surface area (TPSA) is 236 Å². The molecule has 18 heteroatoms. The molecule has 0 saturated carbocycles. The molecule has 0 radical (unpaired) electrons. The lowest BCUT2D eigenvalue weighted by atomic mass is 10.1. The number of carbonyl (C=O) groups is 7. The zero-order valence-electron chi connectivity index (χ0n) is 30.5. The van der Waals surface area contributed by atoms with Gasteiger partial charge in [0.1, 0.15) is 58.4 Å². The molecule has 4 rings (SSSR count). The molecule has 1 spiro atoms. The van der Waals surface area contributed by atoms with Crippen LogP contribution in [0.4, 0.5) is 4.79 Å². The molecule has 4 aliphatic rings. The zero-order valence-corrected chi connectivity index (χ0v) is 30.5. The number of rotatable bonds is 24. The molecule has 6 atom stereocenters. The highest BCUT2D eigenvalue weighted by atomic mass is 16.4. The van der Waals surface area contributed by atoms with Crippen molar-refractivity contribution in [1.82, 2.24) is 16.0 Å². The number of carbonyl (C=O) groups excluding carboxylic acids is 3. The van der Waals surface area contributed by atoms with E-state index in [1.807, 2.05) is 0 Å². The molecule has 0 bridgehead atoms. The molecule has 18 nitrogen and oxygen atoms in total. The summed E-state index contributed by atoms with van der Waals surface area (Å²) in [6.07, 6.45) is 4.94. The quantitative estimate of drug-likeness (QED) is 0.0494. The van der Waals surface area contributed by atoms with Crippen molar-refractivity contribution in [2.45, 2.75) is 82.6 Å². The number of Topliss-reactive ketones (excluding diaryl/α,β-unsaturated/α-hetero) is 1. The van der Waals surface area contributed by atoms with Crippen molar-refractivity contribution in [3.8, 4) is 0 Å². The van der Waals surface area contributed by atoms with Crippen LogP contribution in [-0.2, 0) is 28.8 Å². The normalized spacial score (nSPS) is 30.2. The van der Waals surface area contributed by atoms with Crippen molar-refractivity contribution in [3.63, 3.8) is 0 Å². The van der Waals surface area contributed by atoms with Crippen LogP contribution in [0.2, 0.25) is 0 Å². The summed E-state index contributed by atoms with van der Waals surface area (Å²) in [5.41, 5.74) is 0. The maximum atomic E-state index is 13.6. The van der Waals surface area contributed by atoms with E-state index in [-0.39, 0.29) is 50.6 Å². The van der Waals surface area contributed by atoms with E-state index in [4.69, 9.17) is 5.11 Å². The largest absolute Gasteiger partial charge is 0.482 e. The Balaban J connectivity index is 1.15. The number of likely N-dealkylation sites (N-methyl/N-ethyl adjacent to an activating group) is 1. The van der Waals surface area contributed by atoms with Crippen LogP contribution in [-0.4, -0.2) is 184 Å². The second-order valence-corrected chi connectivity index (χ2v) is 15.6. The fourth-order valence-electron chi connectivity index (χ4n) is 10.5. The molecule has 4 heterocycles. The van der Waals surface area contributed by atoms with Gasteiger partial charge in [-0.25, -0.2) is 19.2 Å². The SMILES string of the molecule is C[N+]12CC[N@+]3(CC(=O)O)CC[N+]4(CC(=O)O)CC[N@+](CC(=O)CCCCCCC(=O)NCCCC[C@H](NC(=O)NCCCC(=O)O)C(=O)O)(CC1)[C@@]243. The second-order valence-electron chi connectivity index (χ2n) is 15.6. The van der Waals surface area contributed by atoms with Crippen molar-refractivity contribution in [3.05, 3.63) is 0 Å². The highest BCUT2D eigenvalue weighted by Gasteiger charge is 2.98. The molecule has 3 amide bonds. The minimum Gasteiger partial charge on any atom is -0.481 e. The molecule has 7 N–H and O–H groups in total. The van der Waals surface area contributed by atoms with E-state index in [9.17, 15) is 48.9 Å². The summed E-state index contributed by atoms with van der Waals surface area (Å²) < 4.78 is 1.78. The molecule has 0 aromatic heterocycles. The maximum absolute atomic E-state index is 13.6. The van der Waals surface area contributed by atoms with Crippen molar-refractivity contribution in [2.24, 2.45) is 0 Å². The summed E-state index contributed by atoms with van der Waals surface area (Å²) in [6.45, 7) is 6.17. The zero-order chi connectivity index (χ0) is 38.2. The Hall–Kier alpha value is -3.87. The minimum absolute atomic E-state index is 0.0576. The van der Waals surface area contributed by atoms with Gasteiger partial charge in [-0.15, -0.1) is 8.97 Å². The van der Waals surface area contributed by atoms with Crippen LogP contribution in [0.5, 0.6) is 0 Å². The highest BCUT2D eigenvalue weighted by molar-refractivity contribution is 5.82. The second kappa shape index (κ2) is 16.9. The first kappa shape index (κ1) is 40.9. The van der Waals surface area contributed by atoms with Crippen molar-refractivity contribution in [1.29, 1.82) is 0 Å². The van der Waals surface area contributed by atoms with E-state index in [1.165, 1.54) is 0 Å². The molecule has 0 aromatic rings. The van der Waals surface area contributed by atoms with Gasteiger partial charge >= 0.3 is 35.8 Å². The number of hydrogen-bond acceptors (Lipinski definition) is 7. The predicted octanol–water partition coefficient (Wildman–Crippen LogP) is -0.468. The predicted molar refractivity (Wildman–Crippen MR) is 183 cm³/mol. The van der Waals surface area contributed by atoms with Gasteiger partial charge in [0.2, 0.25) is 5.91 Å². The van der Waals surface area contributed by atoms with E-state index >= 15 is 0 Å². The molecular formula is C34H59N7O11+4. The van der Waals surface area contributed by atoms with Crippen molar-refractivity contribution in [2.75, 3.05) is 92.1 Å². The Labute approximate surface area is 304 Å². The lowest BCUT2D eigenvalue weighted by Gasteiger charge is -2.49. The smallest absolute Gasteiger partial charge is 0.481 e. The lowest BCUT2D eigenvalue weighted by molar-refractivity contribution is -1.36. The van der Waals surface area contributed by atoms with Crippen LogP contribution in [0, 0.1) is 0 Å². The minimum atomic E-state index is -1.18. The van der Waals surface area contributed by atoms with Gasteiger partial charge in [-0.3, -0.25) is 14.4 Å². The first-order valence-electron chi connectivity index (χ1n) is 18.7. The number of urea groups is 1. The summed E-state index contributed by atoms with van der Waals surface area (Å²) in [4.78, 5) is 84.4. The molecule has 4 fully saturated rings. The third-order valence-corrected chi connectivity index (χ3v) is 12.3. The Morgan fingerprint density at radius 1 is 0.577 bits per heavy atom. The van der Waals surface area contributed by atoms with Gasteiger partial charge in [0.15, 0.2) is 25.4 Å². The van der Waals surface area contributed by atoms with E-state index in [0.717, 1.165) is 32.5 Å². The maximum Gasteiger partial charge on any atom is 0.482 e. The van der Waals surface area contributed by atoms with E-state index in [2.05, 4.69) is 23.0 Å². The first-order valence-corrected chi connectivity index (χ1v) is 18.7. The van der Waals surface area contributed by atoms with Crippen LogP contribution in [0.25, 0.3) is 0 Å². The molecule has 4 saturated heterocycles. The molecule has 0 aliphatic carbocycles. The third-order valence-electron chi connectivity index (χ3n) is 12.3. The molecular weight excluding hydrogens is 682 g/mol. The third kappa shape index (κ3) is 8.19. The summed E-state index contributed by atoms with van der Waals surface area (Å²) in [6, 6.07) is -1.78. The van der Waals surface area contributed by atoms with Gasteiger partial charge < -0.3 is 36.4 Å². The number of carboxylic acids is 4. The summed E-state index contributed by atoms with van der Waals surface area (Å²) in [7, 11) is 2.15. The van der Waals surface area contributed by atoms with Crippen LogP contribution < -0.4 is 16.0 Å². The fourth-order valence-corrected chi connectivity index (χ4v) is 10.5. The van der Waals surface area contributed by atoms with Gasteiger partial charge in [-0.1, -0.05) is 12.8 Å². The molecule has 4 aliphatic heterocycles. The van der Waals surface area contributed by atoms with Crippen LogP contribution in [0.3, 0.4) is 0 Å². The lowest BCUT2D eigenvalue weighted by Crippen LogP contribution is -2.85. The number of unbranched alkanes of at least 4 members (excludes halogenated alkanes) is 4. The van der Waals surface area contributed by atoms with Gasteiger partial charge in [0.05, 0.1) is 7.05 Å². The van der Waals surface area contributed by atoms with Gasteiger partial charge in [-0.2, -0.15) is 8.97 Å². The summed E-state index contributed by atoms with van der Waals surface area (Å²) >= 11 is 0. The Morgan fingerprint density at radius 3 is 1.63 bits per heavy atom. The number of aliphatic carboxylic acids is 4. The number of hydrogen-bond donors (Lipinski definition) is 7. The molecule has 52 heavy (non-hydrogen) atoms. The number of nitrogens with zero attached hydrogens (tertiary/aromatic N) is 4. The first-order chi connectivity index (χ1) is 24.6. The number of nitrogens with one attached hydrogen (secondary N) is 3. The number of quaternary nitrogens is 4. The van der Waals surface area contributed by atoms with Crippen LogP contribution >= 0.6 is 0 Å². The molecule has 292 valence electrons. The monoisotopic (exact) mass is 741 g/mol. The highest BCUT2D eigenvalue weighted by Crippen LogP contribution is 2.61. The van der Waals surface area contributed by atoms with Gasteiger partial charge in [0.25, 0.3) is 0 Å². The average molecular weight is 742 g/mol. The van der Waals surface area contributed by atoms with E-state index in [0.29, 0.717) is 102 Å². The summed E-state index contributed by atoms with van der Waals surface area (Å²) in [5.74, 6) is -4.61. The Bertz CT molecular complexity index is 1370. The Morgan fingerprint density at radius 2 is 1.10 bits per heavy atom. The van der Waals surface area contributed by atoms with Crippen LogP contribution in [0.1, 0.15) is 70.6 Å². The fraction of sp³-hybridized carbons (Fsp3) is 0.794. The van der Waals surface area contributed by atoms with Gasteiger partial charge in [0, 0.05) is 32.4 Å². The van der Waals surface area contributed by atoms with Crippen molar-refractivity contribution < 1.29 is 71.9 Å². The summed E-state index contributed by atoms with van der Waals surface area (Å²) in [5, 5.41) is 45.7. The Kier molecular flexibility index (Phi) is 13.3. The van der Waals surface area contributed by atoms with Crippen LogP contribution in [0.15, 0.2) is 0 Å².